The van der Waals surface area contributed by atoms with Crippen LogP contribution < -0.4 is 5.32 Å². The number of nitrogens with one attached hydrogen (secondary N) is 1. The second-order valence-electron chi connectivity index (χ2n) is 6.75. The maximum Gasteiger partial charge on any atom is 0.325 e. The minimum absolute atomic E-state index is 0.105. The molecule has 1 aromatic rings. The first-order valence-electron chi connectivity index (χ1n) is 8.77. The molecule has 27 heavy (non-hydrogen) atoms. The molecule has 2 fully saturated rings. The molecule has 1 atom stereocenters. The first-order valence-corrected chi connectivity index (χ1v) is 9.53. The Labute approximate surface area is 167 Å². The zero-order chi connectivity index (χ0) is 19.6. The Morgan fingerprint density at radius 2 is 1.93 bits per heavy atom. The predicted molar refractivity (Wildman–Crippen MR) is 102 cm³/mol. The molecule has 3 amide bonds. The van der Waals surface area contributed by atoms with E-state index in [1.807, 2.05) is 0 Å². The molecule has 0 aromatic heterocycles. The van der Waals surface area contributed by atoms with Gasteiger partial charge >= 0.3 is 12.0 Å². The molecule has 1 aromatic carbocycles. The van der Waals surface area contributed by atoms with Crippen LogP contribution in [0, 0.1) is 0 Å². The van der Waals surface area contributed by atoms with E-state index in [1.165, 1.54) is 12.0 Å². The van der Waals surface area contributed by atoms with E-state index in [0.717, 1.165) is 0 Å². The smallest absolute Gasteiger partial charge is 0.325 e. The highest BCUT2D eigenvalue weighted by Crippen LogP contribution is 2.39. The van der Waals surface area contributed by atoms with Crippen LogP contribution in [0.2, 0.25) is 10.0 Å². The lowest BCUT2D eigenvalue weighted by molar-refractivity contribution is -0.153. The quantitative estimate of drug-likeness (QED) is 0.771. The van der Waals surface area contributed by atoms with Crippen LogP contribution in [-0.4, -0.2) is 60.0 Å². The summed E-state index contributed by atoms with van der Waals surface area (Å²) in [5.41, 5.74) is -0.535. The topological polar surface area (TPSA) is 79.0 Å². The van der Waals surface area contributed by atoms with E-state index < -0.39 is 17.5 Å². The van der Waals surface area contributed by atoms with E-state index in [4.69, 9.17) is 23.2 Å². The van der Waals surface area contributed by atoms with Crippen molar-refractivity contribution in [3.8, 4) is 0 Å². The van der Waals surface area contributed by atoms with E-state index in [-0.39, 0.29) is 12.5 Å². The lowest BCUT2D eigenvalue weighted by Gasteiger charge is -2.44. The third-order valence-electron chi connectivity index (χ3n) is 5.16. The summed E-state index contributed by atoms with van der Waals surface area (Å²) in [5.74, 6) is -0.677. The second kappa shape index (κ2) is 7.94. The molecule has 0 bridgehead atoms. The van der Waals surface area contributed by atoms with Gasteiger partial charge in [0.2, 0.25) is 5.91 Å². The Bertz CT molecular complexity index is 773. The summed E-state index contributed by atoms with van der Waals surface area (Å²) < 4.78 is 4.68. The molecular weight excluding hydrogens is 393 g/mol. The number of ether oxygens (including phenoxy) is 1. The van der Waals surface area contributed by atoms with Crippen LogP contribution in [0.15, 0.2) is 18.2 Å². The lowest BCUT2D eigenvalue weighted by atomic mass is 9.85. The van der Waals surface area contributed by atoms with E-state index in [9.17, 15) is 14.4 Å². The number of urea groups is 1. The van der Waals surface area contributed by atoms with Gasteiger partial charge in [0.25, 0.3) is 0 Å². The number of methoxy groups -OCH3 is 1. The fraction of sp³-hybridized carbons (Fsp3) is 0.500. The van der Waals surface area contributed by atoms with Gasteiger partial charge in [-0.25, -0.2) is 4.79 Å². The van der Waals surface area contributed by atoms with Gasteiger partial charge in [-0.05, 0) is 43.9 Å². The number of halogens is 2. The van der Waals surface area contributed by atoms with Crippen molar-refractivity contribution in [3.05, 3.63) is 28.2 Å². The van der Waals surface area contributed by atoms with Gasteiger partial charge in [0, 0.05) is 18.1 Å². The summed E-state index contributed by atoms with van der Waals surface area (Å²) in [4.78, 5) is 40.7. The second-order valence-corrected chi connectivity index (χ2v) is 7.59. The number of amides is 3. The molecule has 3 rings (SSSR count). The molecule has 0 saturated carbocycles. The number of benzene rings is 1. The Kier molecular flexibility index (Phi) is 5.81. The molecule has 0 radical (unpaired) electrons. The summed E-state index contributed by atoms with van der Waals surface area (Å²) in [6.07, 6.45) is 2.57. The number of carbonyl (C=O) groups is 3. The maximum absolute atomic E-state index is 13.1. The maximum atomic E-state index is 13.1. The van der Waals surface area contributed by atoms with Gasteiger partial charge in [-0.15, -0.1) is 0 Å². The molecule has 0 aliphatic carbocycles. The Morgan fingerprint density at radius 3 is 2.63 bits per heavy atom. The SMILES string of the molecule is COC(=O)CN1CCCC2(CCCN2C(=O)Nc2cc(Cl)ccc2Cl)C1=O. The van der Waals surface area contributed by atoms with E-state index in [1.54, 1.807) is 23.1 Å². The average molecular weight is 414 g/mol. The molecular formula is C18H21Cl2N3O4. The summed E-state index contributed by atoms with van der Waals surface area (Å²) in [7, 11) is 1.29. The van der Waals surface area contributed by atoms with Crippen LogP contribution in [0.1, 0.15) is 25.7 Å². The summed E-state index contributed by atoms with van der Waals surface area (Å²) in [5, 5.41) is 3.57. The minimum Gasteiger partial charge on any atom is -0.468 e. The van der Waals surface area contributed by atoms with E-state index in [0.29, 0.717) is 54.5 Å². The van der Waals surface area contributed by atoms with Gasteiger partial charge in [-0.1, -0.05) is 23.2 Å². The van der Waals surface area contributed by atoms with Crippen molar-refractivity contribution >= 4 is 46.8 Å². The highest BCUT2D eigenvalue weighted by molar-refractivity contribution is 6.35. The molecule has 1 unspecified atom stereocenters. The molecule has 2 aliphatic heterocycles. The minimum atomic E-state index is -0.929. The Hall–Kier alpha value is -1.99. The standard InChI is InChI=1S/C18H21Cl2N3O4/c1-27-15(24)11-22-8-2-6-18(16(22)25)7-3-9-23(18)17(26)21-14-10-12(19)4-5-13(14)20/h4-5,10H,2-3,6-9,11H2,1H3,(H,21,26). The number of likely N-dealkylation sites (tertiary alicyclic amines) is 2. The summed E-state index contributed by atoms with van der Waals surface area (Å²) >= 11 is 12.1. The van der Waals surface area contributed by atoms with Crippen molar-refractivity contribution in [2.24, 2.45) is 0 Å². The van der Waals surface area contributed by atoms with Crippen molar-refractivity contribution < 1.29 is 19.1 Å². The molecule has 146 valence electrons. The van der Waals surface area contributed by atoms with Crippen molar-refractivity contribution in [1.29, 1.82) is 0 Å². The van der Waals surface area contributed by atoms with Gasteiger partial charge in [0.05, 0.1) is 17.8 Å². The Balaban J connectivity index is 1.80. The number of hydrogen-bond acceptors (Lipinski definition) is 4. The third kappa shape index (κ3) is 3.84. The zero-order valence-corrected chi connectivity index (χ0v) is 16.5. The number of carbonyl (C=O) groups excluding carboxylic acids is 3. The predicted octanol–water partition coefficient (Wildman–Crippen LogP) is 3.16. The first kappa shape index (κ1) is 19.8. The van der Waals surface area contributed by atoms with Crippen molar-refractivity contribution in [1.82, 2.24) is 9.80 Å². The normalized spacial score (nSPS) is 22.3. The van der Waals surface area contributed by atoms with Crippen LogP contribution in [0.3, 0.4) is 0 Å². The van der Waals surface area contributed by atoms with Crippen LogP contribution in [0.5, 0.6) is 0 Å². The first-order chi connectivity index (χ1) is 12.9. The van der Waals surface area contributed by atoms with Crippen molar-refractivity contribution in [3.63, 3.8) is 0 Å². The number of piperidine rings is 1. The van der Waals surface area contributed by atoms with Gasteiger partial charge in [-0.2, -0.15) is 0 Å². The van der Waals surface area contributed by atoms with Crippen LogP contribution in [0.4, 0.5) is 10.5 Å². The molecule has 2 aliphatic rings. The van der Waals surface area contributed by atoms with Gasteiger partial charge in [0.15, 0.2) is 0 Å². The molecule has 2 saturated heterocycles. The highest BCUT2D eigenvalue weighted by atomic mass is 35.5. The molecule has 7 nitrogen and oxygen atoms in total. The number of hydrogen-bond donors (Lipinski definition) is 1. The van der Waals surface area contributed by atoms with Gasteiger partial charge in [0.1, 0.15) is 12.1 Å². The van der Waals surface area contributed by atoms with Crippen LogP contribution in [0.25, 0.3) is 0 Å². The lowest BCUT2D eigenvalue weighted by Crippen LogP contribution is -2.62. The van der Waals surface area contributed by atoms with Crippen molar-refractivity contribution in [2.75, 3.05) is 32.1 Å². The van der Waals surface area contributed by atoms with Gasteiger partial charge in [-0.3, -0.25) is 9.59 Å². The number of rotatable bonds is 3. The average Bonchev–Trinajstić information content (AvgIpc) is 3.06. The zero-order valence-electron chi connectivity index (χ0n) is 15.0. The fourth-order valence-corrected chi connectivity index (χ4v) is 4.21. The monoisotopic (exact) mass is 413 g/mol. The van der Waals surface area contributed by atoms with E-state index >= 15 is 0 Å². The Morgan fingerprint density at radius 1 is 1.22 bits per heavy atom. The number of nitrogens with zero attached hydrogens (tertiary/aromatic N) is 2. The third-order valence-corrected chi connectivity index (χ3v) is 5.72. The molecule has 9 heteroatoms. The summed E-state index contributed by atoms with van der Waals surface area (Å²) in [6.45, 7) is 0.833. The number of anilines is 1. The van der Waals surface area contributed by atoms with Crippen LogP contribution >= 0.6 is 23.2 Å². The number of esters is 1. The van der Waals surface area contributed by atoms with Crippen molar-refractivity contribution in [2.45, 2.75) is 31.2 Å². The summed E-state index contributed by atoms with van der Waals surface area (Å²) in [6, 6.07) is 4.40. The fourth-order valence-electron chi connectivity index (χ4n) is 3.87. The molecule has 1 N–H and O–H groups in total. The molecule has 2 heterocycles. The highest BCUT2D eigenvalue weighted by Gasteiger charge is 2.53. The molecule has 1 spiro atoms. The van der Waals surface area contributed by atoms with Gasteiger partial charge < -0.3 is 19.9 Å². The van der Waals surface area contributed by atoms with E-state index in [2.05, 4.69) is 10.1 Å². The largest absolute Gasteiger partial charge is 0.468 e. The van der Waals surface area contributed by atoms with Crippen LogP contribution in [-0.2, 0) is 14.3 Å².